The van der Waals surface area contributed by atoms with Gasteiger partial charge in [0.15, 0.2) is 0 Å². The summed E-state index contributed by atoms with van der Waals surface area (Å²) in [6.45, 7) is 3.23. The molecule has 0 aliphatic carbocycles. The predicted molar refractivity (Wildman–Crippen MR) is 86.3 cm³/mol. The summed E-state index contributed by atoms with van der Waals surface area (Å²) >= 11 is 0. The number of nitrogens with one attached hydrogen (secondary N) is 2. The number of amides is 1. The Morgan fingerprint density at radius 1 is 1.33 bits per heavy atom. The number of primary sulfonamides is 1. The normalized spacial score (nSPS) is 11.3. The number of nitro benzene ring substituents is 1. The number of nitro groups is 1. The van der Waals surface area contributed by atoms with Gasteiger partial charge in [0, 0.05) is 38.4 Å². The van der Waals surface area contributed by atoms with Crippen molar-refractivity contribution in [2.45, 2.75) is 11.8 Å². The second-order valence-corrected chi connectivity index (χ2v) is 6.48. The van der Waals surface area contributed by atoms with E-state index in [1.54, 1.807) is 7.11 Å². The third-order valence-corrected chi connectivity index (χ3v) is 4.09. The number of sulfonamides is 1. The van der Waals surface area contributed by atoms with Crippen LogP contribution in [0.2, 0.25) is 0 Å². The maximum atomic E-state index is 12.2. The summed E-state index contributed by atoms with van der Waals surface area (Å²) < 4.78 is 27.8. The van der Waals surface area contributed by atoms with Gasteiger partial charge in [-0.05, 0) is 13.0 Å². The Morgan fingerprint density at radius 3 is 2.54 bits per heavy atom. The van der Waals surface area contributed by atoms with Crippen LogP contribution in [0.1, 0.15) is 15.9 Å². The SMILES string of the molecule is COCCNCCNC(=O)c1cc(S(N)(=O)=O)cc([N+](=O)[O-])c1C. The first-order valence-corrected chi connectivity index (χ1v) is 8.52. The van der Waals surface area contributed by atoms with E-state index in [1.807, 2.05) is 0 Å². The molecule has 1 aromatic carbocycles. The summed E-state index contributed by atoms with van der Waals surface area (Å²) in [5.41, 5.74) is -0.521. The molecular formula is C13H20N4O6S. The average molecular weight is 360 g/mol. The van der Waals surface area contributed by atoms with Crippen molar-refractivity contribution in [2.75, 3.05) is 33.4 Å². The summed E-state index contributed by atoms with van der Waals surface area (Å²) in [4.78, 5) is 22.0. The summed E-state index contributed by atoms with van der Waals surface area (Å²) in [5.74, 6) is -0.616. The van der Waals surface area contributed by atoms with Gasteiger partial charge in [-0.2, -0.15) is 0 Å². The number of carbonyl (C=O) groups excluding carboxylic acids is 1. The monoisotopic (exact) mass is 360 g/mol. The van der Waals surface area contributed by atoms with Crippen LogP contribution < -0.4 is 15.8 Å². The molecule has 0 heterocycles. The van der Waals surface area contributed by atoms with E-state index in [0.717, 1.165) is 12.1 Å². The second-order valence-electron chi connectivity index (χ2n) is 4.92. The Balaban J connectivity index is 2.95. The van der Waals surface area contributed by atoms with Crippen LogP contribution >= 0.6 is 0 Å². The minimum Gasteiger partial charge on any atom is -0.383 e. The summed E-state index contributed by atoms with van der Waals surface area (Å²) in [7, 11) is -2.61. The van der Waals surface area contributed by atoms with Gasteiger partial charge in [-0.1, -0.05) is 0 Å². The molecule has 0 bridgehead atoms. The molecule has 24 heavy (non-hydrogen) atoms. The van der Waals surface area contributed by atoms with Crippen LogP contribution in [-0.4, -0.2) is 52.6 Å². The van der Waals surface area contributed by atoms with E-state index in [9.17, 15) is 23.3 Å². The summed E-state index contributed by atoms with van der Waals surface area (Å²) in [5, 5.41) is 21.6. The topological polar surface area (TPSA) is 154 Å². The van der Waals surface area contributed by atoms with Gasteiger partial charge in [-0.15, -0.1) is 0 Å². The largest absolute Gasteiger partial charge is 0.383 e. The van der Waals surface area contributed by atoms with E-state index in [-0.39, 0.29) is 17.7 Å². The fourth-order valence-corrected chi connectivity index (χ4v) is 2.48. The Morgan fingerprint density at radius 2 is 2.00 bits per heavy atom. The lowest BCUT2D eigenvalue weighted by molar-refractivity contribution is -0.385. The van der Waals surface area contributed by atoms with Gasteiger partial charge in [0.1, 0.15) is 0 Å². The highest BCUT2D eigenvalue weighted by molar-refractivity contribution is 7.89. The highest BCUT2D eigenvalue weighted by Crippen LogP contribution is 2.25. The first kappa shape index (κ1) is 20.0. The Bertz CT molecular complexity index is 719. The van der Waals surface area contributed by atoms with Gasteiger partial charge >= 0.3 is 0 Å². The minimum absolute atomic E-state index is 0.0669. The van der Waals surface area contributed by atoms with Crippen LogP contribution in [-0.2, 0) is 14.8 Å². The molecule has 11 heteroatoms. The van der Waals surface area contributed by atoms with Crippen molar-refractivity contribution >= 4 is 21.6 Å². The highest BCUT2D eigenvalue weighted by atomic mass is 32.2. The molecule has 0 unspecified atom stereocenters. The maximum Gasteiger partial charge on any atom is 0.274 e. The molecule has 1 amide bonds. The third-order valence-electron chi connectivity index (χ3n) is 3.19. The zero-order chi connectivity index (χ0) is 18.3. The number of hydrogen-bond acceptors (Lipinski definition) is 7. The fourth-order valence-electron chi connectivity index (χ4n) is 1.92. The van der Waals surface area contributed by atoms with Crippen molar-refractivity contribution < 1.29 is 22.9 Å². The van der Waals surface area contributed by atoms with Gasteiger partial charge in [0.05, 0.1) is 22.0 Å². The van der Waals surface area contributed by atoms with Crippen molar-refractivity contribution in [2.24, 2.45) is 5.14 Å². The molecule has 0 aromatic heterocycles. The van der Waals surface area contributed by atoms with Crippen LogP contribution in [0, 0.1) is 17.0 Å². The second kappa shape index (κ2) is 8.68. The molecule has 0 saturated heterocycles. The third kappa shape index (κ3) is 5.53. The Kier molecular flexibility index (Phi) is 7.22. The quantitative estimate of drug-likeness (QED) is 0.305. The standard InChI is InChI=1S/C13H20N4O6S/c1-9-11(13(18)16-4-3-15-5-6-23-2)7-10(24(14,21)22)8-12(9)17(19)20/h7-8,15H,3-6H2,1-2H3,(H,16,18)(H2,14,21,22). The molecule has 134 valence electrons. The minimum atomic E-state index is -4.18. The van der Waals surface area contributed by atoms with E-state index < -0.39 is 31.4 Å². The Hall–Kier alpha value is -2.08. The van der Waals surface area contributed by atoms with Crippen LogP contribution in [0.5, 0.6) is 0 Å². The molecule has 0 spiro atoms. The molecule has 10 nitrogen and oxygen atoms in total. The number of carbonyl (C=O) groups is 1. The van der Waals surface area contributed by atoms with Crippen molar-refractivity contribution in [1.29, 1.82) is 0 Å². The van der Waals surface area contributed by atoms with Crippen molar-refractivity contribution in [1.82, 2.24) is 10.6 Å². The molecule has 0 atom stereocenters. The molecule has 1 aromatic rings. The summed E-state index contributed by atoms with van der Waals surface area (Å²) in [6.07, 6.45) is 0. The first-order chi connectivity index (χ1) is 11.2. The number of benzene rings is 1. The van der Waals surface area contributed by atoms with Gasteiger partial charge in [-0.3, -0.25) is 14.9 Å². The van der Waals surface area contributed by atoms with Crippen molar-refractivity contribution in [3.05, 3.63) is 33.4 Å². The van der Waals surface area contributed by atoms with E-state index in [2.05, 4.69) is 10.6 Å². The number of hydrogen-bond donors (Lipinski definition) is 3. The smallest absolute Gasteiger partial charge is 0.274 e. The van der Waals surface area contributed by atoms with Crippen LogP contribution in [0.4, 0.5) is 5.69 Å². The van der Waals surface area contributed by atoms with Crippen molar-refractivity contribution in [3.63, 3.8) is 0 Å². The van der Waals surface area contributed by atoms with E-state index in [0.29, 0.717) is 19.7 Å². The maximum absolute atomic E-state index is 12.2. The highest BCUT2D eigenvalue weighted by Gasteiger charge is 2.23. The number of nitrogens with zero attached hydrogens (tertiary/aromatic N) is 1. The molecule has 0 radical (unpaired) electrons. The van der Waals surface area contributed by atoms with E-state index in [4.69, 9.17) is 9.88 Å². The van der Waals surface area contributed by atoms with Gasteiger partial charge in [0.25, 0.3) is 11.6 Å². The molecule has 0 fully saturated rings. The average Bonchev–Trinajstić information content (AvgIpc) is 2.49. The van der Waals surface area contributed by atoms with Crippen molar-refractivity contribution in [3.8, 4) is 0 Å². The number of rotatable bonds is 9. The van der Waals surface area contributed by atoms with Crippen LogP contribution in [0.25, 0.3) is 0 Å². The molecular weight excluding hydrogens is 340 g/mol. The van der Waals surface area contributed by atoms with E-state index >= 15 is 0 Å². The van der Waals surface area contributed by atoms with E-state index in [1.165, 1.54) is 6.92 Å². The zero-order valence-corrected chi connectivity index (χ0v) is 14.2. The zero-order valence-electron chi connectivity index (χ0n) is 13.4. The molecule has 0 aliphatic heterocycles. The van der Waals surface area contributed by atoms with Crippen LogP contribution in [0.3, 0.4) is 0 Å². The lowest BCUT2D eigenvalue weighted by Crippen LogP contribution is -2.33. The number of ether oxygens (including phenoxy) is 1. The lowest BCUT2D eigenvalue weighted by Gasteiger charge is -2.10. The predicted octanol–water partition coefficient (Wildman–Crippen LogP) is -0.484. The molecule has 0 aliphatic rings. The Labute approximate surface area is 139 Å². The van der Waals surface area contributed by atoms with Gasteiger partial charge in [-0.25, -0.2) is 13.6 Å². The lowest BCUT2D eigenvalue weighted by atomic mass is 10.1. The molecule has 4 N–H and O–H groups in total. The number of nitrogens with two attached hydrogens (primary N) is 1. The fraction of sp³-hybridized carbons (Fsp3) is 0.462. The van der Waals surface area contributed by atoms with Gasteiger partial charge in [0.2, 0.25) is 10.0 Å². The summed E-state index contributed by atoms with van der Waals surface area (Å²) in [6, 6.07) is 1.87. The van der Waals surface area contributed by atoms with Gasteiger partial charge < -0.3 is 15.4 Å². The molecule has 1 rings (SSSR count). The first-order valence-electron chi connectivity index (χ1n) is 6.98. The molecule has 0 saturated carbocycles. The number of methoxy groups -OCH3 is 1. The van der Waals surface area contributed by atoms with Crippen LogP contribution in [0.15, 0.2) is 17.0 Å².